The molecule has 0 saturated carbocycles. The Morgan fingerprint density at radius 1 is 0.957 bits per heavy atom. The van der Waals surface area contributed by atoms with Crippen molar-refractivity contribution in [1.82, 2.24) is 0 Å². The number of benzene rings is 2. The van der Waals surface area contributed by atoms with Crippen molar-refractivity contribution < 1.29 is 4.74 Å². The summed E-state index contributed by atoms with van der Waals surface area (Å²) in [5, 5.41) is 0. The van der Waals surface area contributed by atoms with Gasteiger partial charge in [0.05, 0.1) is 0 Å². The second-order valence-corrected chi connectivity index (χ2v) is 25.6. The van der Waals surface area contributed by atoms with E-state index in [4.69, 9.17) is 4.74 Å². The van der Waals surface area contributed by atoms with E-state index < -0.39 is 18.4 Å². The molecule has 122 valence electrons. The topological polar surface area (TPSA) is 9.23 Å². The molecule has 0 aliphatic heterocycles. The second-order valence-electron chi connectivity index (χ2n) is 6.56. The zero-order chi connectivity index (χ0) is 16.5. The fourth-order valence-electron chi connectivity index (χ4n) is 2.15. The Hall–Kier alpha value is -0.542. The van der Waals surface area contributed by atoms with Crippen LogP contribution in [0.2, 0.25) is 14.8 Å². The molecule has 0 aliphatic carbocycles. The summed E-state index contributed by atoms with van der Waals surface area (Å²) < 4.78 is 9.06. The van der Waals surface area contributed by atoms with Gasteiger partial charge in [0.25, 0.3) is 0 Å². The first-order valence-corrected chi connectivity index (χ1v) is 19.8. The molecule has 23 heavy (non-hydrogen) atoms. The van der Waals surface area contributed by atoms with Crippen molar-refractivity contribution in [1.29, 1.82) is 0 Å². The monoisotopic (exact) mass is 482 g/mol. The quantitative estimate of drug-likeness (QED) is 0.403. The fourth-order valence-corrected chi connectivity index (χ4v) is 12.8. The van der Waals surface area contributed by atoms with E-state index in [1.165, 1.54) is 10.0 Å². The molecule has 2 aromatic rings. The van der Waals surface area contributed by atoms with E-state index in [2.05, 4.69) is 75.5 Å². The molecule has 0 aliphatic rings. The van der Waals surface area contributed by atoms with E-state index >= 15 is 0 Å². The summed E-state index contributed by atoms with van der Waals surface area (Å²) >= 11 is -1.54. The van der Waals surface area contributed by atoms with Crippen LogP contribution in [0.25, 0.3) is 0 Å². The summed E-state index contributed by atoms with van der Waals surface area (Å²) in [4.78, 5) is 7.53. The average Bonchev–Trinajstić information content (AvgIpc) is 2.54. The minimum atomic E-state index is -2.02. The molecule has 0 saturated heterocycles. The van der Waals surface area contributed by atoms with Crippen molar-refractivity contribution in [2.24, 2.45) is 0 Å². The minimum absolute atomic E-state index is 0.481. The molecule has 0 amide bonds. The predicted molar refractivity (Wildman–Crippen MR) is 104 cm³/mol. The van der Waals surface area contributed by atoms with E-state index in [0.29, 0.717) is 21.6 Å². The maximum atomic E-state index is 5.82. The van der Waals surface area contributed by atoms with Crippen LogP contribution in [0.4, 0.5) is 0 Å². The van der Waals surface area contributed by atoms with Crippen molar-refractivity contribution in [3.05, 3.63) is 74.8 Å². The Labute approximate surface area is 151 Å². The Balaban J connectivity index is 1.85. The molecule has 0 N–H and O–H groups in total. The Morgan fingerprint density at radius 3 is 2.17 bits per heavy atom. The van der Waals surface area contributed by atoms with Gasteiger partial charge >= 0.3 is 152 Å². The number of ether oxygens (including phenoxy) is 1. The van der Waals surface area contributed by atoms with Crippen LogP contribution in [0.15, 0.2) is 69.2 Å². The van der Waals surface area contributed by atoms with Crippen molar-refractivity contribution in [3.63, 3.8) is 0 Å². The van der Waals surface area contributed by atoms with Gasteiger partial charge in [0.15, 0.2) is 0 Å². The first-order valence-electron chi connectivity index (χ1n) is 8.11. The van der Waals surface area contributed by atoms with Crippen LogP contribution < -0.4 is 4.46 Å². The van der Waals surface area contributed by atoms with Gasteiger partial charge in [0.2, 0.25) is 0 Å². The molecule has 0 aromatic heterocycles. The molecule has 2 aromatic carbocycles. The predicted octanol–water partition coefficient (Wildman–Crippen LogP) is 4.38. The van der Waals surface area contributed by atoms with Gasteiger partial charge in [-0.1, -0.05) is 0 Å². The third-order valence-corrected chi connectivity index (χ3v) is 20.2. The van der Waals surface area contributed by atoms with Gasteiger partial charge in [-0.15, -0.1) is 0 Å². The van der Waals surface area contributed by atoms with E-state index in [9.17, 15) is 0 Å². The molecule has 0 atom stereocenters. The van der Waals surface area contributed by atoms with Crippen LogP contribution in [0.3, 0.4) is 0 Å². The molecule has 1 nitrogen and oxygen atoms in total. The van der Waals surface area contributed by atoms with Crippen molar-refractivity contribution in [2.75, 3.05) is 6.61 Å². The SMILES string of the molecule is [CH3][Sn]([CH3])([CH3])/[C](=C\CCOCc1ccccc1)[Se]c1ccccc1. The number of hydrogen-bond acceptors (Lipinski definition) is 1. The first kappa shape index (κ1) is 18.8. The zero-order valence-corrected chi connectivity index (χ0v) is 18.9. The van der Waals surface area contributed by atoms with Gasteiger partial charge in [0, 0.05) is 0 Å². The Kier molecular flexibility index (Phi) is 7.91. The Morgan fingerprint density at radius 2 is 1.57 bits per heavy atom. The first-order chi connectivity index (χ1) is 11.1. The molecule has 0 spiro atoms. The molecule has 0 fully saturated rings. The van der Waals surface area contributed by atoms with Crippen LogP contribution in [0, 0.1) is 0 Å². The van der Waals surface area contributed by atoms with Gasteiger partial charge in [-0.2, -0.15) is 0 Å². The third-order valence-electron chi connectivity index (χ3n) is 3.41. The van der Waals surface area contributed by atoms with E-state index in [0.717, 1.165) is 13.0 Å². The molecular formula is C20H26OSeSn. The molecule has 0 heterocycles. The normalized spacial score (nSPS) is 12.4. The molecule has 3 heteroatoms. The van der Waals surface area contributed by atoms with Gasteiger partial charge in [-0.05, 0) is 0 Å². The summed E-state index contributed by atoms with van der Waals surface area (Å²) in [7, 11) is 0. The van der Waals surface area contributed by atoms with Gasteiger partial charge in [-0.3, -0.25) is 0 Å². The second kappa shape index (κ2) is 9.68. The van der Waals surface area contributed by atoms with Gasteiger partial charge in [0.1, 0.15) is 0 Å². The standard InChI is InChI=1S/C17H17OSe.3CH3.Sn/c1-3-9-16(10-4-1)15-18-13-7-8-14-19-17-11-5-2-6-12-17;;;;/h1-6,8-12H,7,13,15H2;3*1H3;. The summed E-state index contributed by atoms with van der Waals surface area (Å²) in [5.41, 5.74) is 1.25. The molecule has 2 rings (SSSR count). The van der Waals surface area contributed by atoms with E-state index in [1.807, 2.05) is 6.07 Å². The Bertz CT molecular complexity index is 603. The molecule has 0 unspecified atom stereocenters. The van der Waals surface area contributed by atoms with Crippen molar-refractivity contribution in [3.8, 4) is 0 Å². The van der Waals surface area contributed by atoms with Crippen LogP contribution in [0.1, 0.15) is 12.0 Å². The number of rotatable bonds is 8. The van der Waals surface area contributed by atoms with Crippen LogP contribution in [0.5, 0.6) is 0 Å². The maximum absolute atomic E-state index is 5.82. The van der Waals surface area contributed by atoms with E-state index in [1.54, 1.807) is 2.49 Å². The van der Waals surface area contributed by atoms with Crippen molar-refractivity contribution in [2.45, 2.75) is 27.8 Å². The average molecular weight is 480 g/mol. The zero-order valence-electron chi connectivity index (χ0n) is 14.3. The molecule has 0 radical (unpaired) electrons. The fraction of sp³-hybridized carbons (Fsp3) is 0.300. The molecule has 0 bridgehead atoms. The van der Waals surface area contributed by atoms with Crippen LogP contribution in [-0.2, 0) is 11.3 Å². The summed E-state index contributed by atoms with van der Waals surface area (Å²) in [5.74, 6) is 0. The summed E-state index contributed by atoms with van der Waals surface area (Å²) in [6.45, 7) is 1.53. The van der Waals surface area contributed by atoms with Crippen LogP contribution >= 0.6 is 0 Å². The summed E-state index contributed by atoms with van der Waals surface area (Å²) in [6, 6.07) is 21.3. The summed E-state index contributed by atoms with van der Waals surface area (Å²) in [6.07, 6.45) is 3.51. The van der Waals surface area contributed by atoms with Gasteiger partial charge < -0.3 is 0 Å². The van der Waals surface area contributed by atoms with Gasteiger partial charge in [-0.25, -0.2) is 0 Å². The van der Waals surface area contributed by atoms with Crippen molar-refractivity contribution >= 4 is 37.8 Å². The van der Waals surface area contributed by atoms with Crippen LogP contribution in [-0.4, -0.2) is 39.9 Å². The molecular weight excluding hydrogens is 454 g/mol. The van der Waals surface area contributed by atoms with E-state index in [-0.39, 0.29) is 0 Å². The number of hydrogen-bond donors (Lipinski definition) is 0. The third kappa shape index (κ3) is 7.26.